The maximum absolute atomic E-state index is 12.2. The third-order valence-electron chi connectivity index (χ3n) is 2.61. The number of ketones is 1. The van der Waals surface area contributed by atoms with Crippen LogP contribution >= 0.6 is 11.6 Å². The molecule has 3 heteroatoms. The first-order valence-electron chi connectivity index (χ1n) is 5.68. The predicted octanol–water partition coefficient (Wildman–Crippen LogP) is 4.13. The first-order chi connectivity index (χ1) is 9.22. The second-order valence-corrected chi connectivity index (χ2v) is 4.29. The van der Waals surface area contributed by atoms with E-state index in [1.54, 1.807) is 48.5 Å². The van der Waals surface area contributed by atoms with Crippen molar-refractivity contribution in [3.05, 3.63) is 76.3 Å². The second-order valence-electron chi connectivity index (χ2n) is 3.89. The molecular formula is C16H10ClNO. The first kappa shape index (κ1) is 13.1. The molecule has 0 radical (unpaired) electrons. The molecule has 0 aliphatic rings. The molecule has 0 unspecified atom stereocenters. The van der Waals surface area contributed by atoms with Crippen molar-refractivity contribution in [2.24, 2.45) is 0 Å². The second kappa shape index (κ2) is 5.99. The van der Waals surface area contributed by atoms with Crippen molar-refractivity contribution in [2.45, 2.75) is 0 Å². The van der Waals surface area contributed by atoms with Gasteiger partial charge in [0.25, 0.3) is 0 Å². The number of nitriles is 1. The number of hydrogen-bond acceptors (Lipinski definition) is 2. The lowest BCUT2D eigenvalue weighted by Gasteiger charge is -2.01. The summed E-state index contributed by atoms with van der Waals surface area (Å²) >= 11 is 6.01. The SMILES string of the molecule is N#CC(=Cc1ccccc1Cl)C(=O)c1ccccc1. The third kappa shape index (κ3) is 3.09. The Morgan fingerprint density at radius 3 is 2.32 bits per heavy atom. The molecule has 0 fully saturated rings. The van der Waals surface area contributed by atoms with Gasteiger partial charge in [-0.15, -0.1) is 0 Å². The fourth-order valence-corrected chi connectivity index (χ4v) is 1.83. The van der Waals surface area contributed by atoms with Crippen LogP contribution in [0.25, 0.3) is 6.08 Å². The summed E-state index contributed by atoms with van der Waals surface area (Å²) in [5, 5.41) is 9.64. The highest BCUT2D eigenvalue weighted by Crippen LogP contribution is 2.19. The average Bonchev–Trinajstić information content (AvgIpc) is 2.47. The molecule has 0 spiro atoms. The molecule has 92 valence electrons. The van der Waals surface area contributed by atoms with Crippen LogP contribution in [0.5, 0.6) is 0 Å². The van der Waals surface area contributed by atoms with E-state index in [2.05, 4.69) is 0 Å². The van der Waals surface area contributed by atoms with Crippen molar-refractivity contribution >= 4 is 23.5 Å². The van der Waals surface area contributed by atoms with E-state index >= 15 is 0 Å². The molecule has 2 rings (SSSR count). The highest BCUT2D eigenvalue weighted by Gasteiger charge is 2.11. The zero-order chi connectivity index (χ0) is 13.7. The zero-order valence-electron chi connectivity index (χ0n) is 10.0. The predicted molar refractivity (Wildman–Crippen MR) is 75.8 cm³/mol. The van der Waals surface area contributed by atoms with Crippen LogP contribution in [0, 0.1) is 11.3 Å². The Bertz CT molecular complexity index is 669. The quantitative estimate of drug-likeness (QED) is 0.477. The van der Waals surface area contributed by atoms with Crippen LogP contribution in [0.3, 0.4) is 0 Å². The van der Waals surface area contributed by atoms with E-state index in [9.17, 15) is 4.79 Å². The van der Waals surface area contributed by atoms with Crippen molar-refractivity contribution in [3.8, 4) is 6.07 Å². The molecule has 0 bridgehead atoms. The normalized spacial score (nSPS) is 10.8. The number of carbonyl (C=O) groups is 1. The van der Waals surface area contributed by atoms with Crippen molar-refractivity contribution in [2.75, 3.05) is 0 Å². The van der Waals surface area contributed by atoms with Crippen molar-refractivity contribution in [1.82, 2.24) is 0 Å². The van der Waals surface area contributed by atoms with Crippen LogP contribution in [0.4, 0.5) is 0 Å². The van der Waals surface area contributed by atoms with E-state index in [4.69, 9.17) is 16.9 Å². The Morgan fingerprint density at radius 1 is 1.05 bits per heavy atom. The monoisotopic (exact) mass is 267 g/mol. The summed E-state index contributed by atoms with van der Waals surface area (Å²) in [5.74, 6) is -0.303. The Balaban J connectivity index is 2.39. The number of rotatable bonds is 3. The van der Waals surface area contributed by atoms with Gasteiger partial charge in [-0.25, -0.2) is 0 Å². The standard InChI is InChI=1S/C16H10ClNO/c17-15-9-5-4-8-13(15)10-14(11-18)16(19)12-6-2-1-3-7-12/h1-10H. The summed E-state index contributed by atoms with van der Waals surface area (Å²) in [5.41, 5.74) is 1.21. The van der Waals surface area contributed by atoms with E-state index in [1.165, 1.54) is 6.08 Å². The van der Waals surface area contributed by atoms with Gasteiger partial charge in [0.05, 0.1) is 0 Å². The summed E-state index contributed by atoms with van der Waals surface area (Å²) in [6, 6.07) is 17.7. The summed E-state index contributed by atoms with van der Waals surface area (Å²) < 4.78 is 0. The molecule has 0 aromatic heterocycles. The van der Waals surface area contributed by atoms with Crippen molar-refractivity contribution < 1.29 is 4.79 Å². The Hall–Kier alpha value is -2.37. The maximum Gasteiger partial charge on any atom is 0.203 e. The Morgan fingerprint density at radius 2 is 1.68 bits per heavy atom. The number of Topliss-reactive ketones (excluding diaryl/α,β-unsaturated/α-hetero) is 1. The van der Waals surface area contributed by atoms with Gasteiger partial charge in [-0.05, 0) is 17.7 Å². The highest BCUT2D eigenvalue weighted by atomic mass is 35.5. The number of nitrogens with zero attached hydrogens (tertiary/aromatic N) is 1. The summed E-state index contributed by atoms with van der Waals surface area (Å²) in [6.07, 6.45) is 1.51. The van der Waals surface area contributed by atoms with Crippen LogP contribution in [0.1, 0.15) is 15.9 Å². The summed E-state index contributed by atoms with van der Waals surface area (Å²) in [7, 11) is 0. The molecule has 0 amide bonds. The van der Waals surface area contributed by atoms with Crippen molar-refractivity contribution in [1.29, 1.82) is 5.26 Å². The van der Waals surface area contributed by atoms with Gasteiger partial charge in [0, 0.05) is 10.6 Å². The largest absolute Gasteiger partial charge is 0.288 e. The lowest BCUT2D eigenvalue weighted by atomic mass is 10.0. The maximum atomic E-state index is 12.2. The van der Waals surface area contributed by atoms with Gasteiger partial charge < -0.3 is 0 Å². The van der Waals surface area contributed by atoms with Crippen LogP contribution in [0.15, 0.2) is 60.2 Å². The minimum Gasteiger partial charge on any atom is -0.288 e. The van der Waals surface area contributed by atoms with E-state index < -0.39 is 0 Å². The van der Waals surface area contributed by atoms with Gasteiger partial charge >= 0.3 is 0 Å². The van der Waals surface area contributed by atoms with Crippen LogP contribution in [-0.4, -0.2) is 5.78 Å². The number of allylic oxidation sites excluding steroid dienone is 1. The van der Waals surface area contributed by atoms with Crippen LogP contribution < -0.4 is 0 Å². The molecule has 0 heterocycles. The van der Waals surface area contributed by atoms with Gasteiger partial charge in [0.1, 0.15) is 11.6 Å². The number of carbonyl (C=O) groups excluding carboxylic acids is 1. The molecule has 2 nitrogen and oxygen atoms in total. The van der Waals surface area contributed by atoms with Crippen molar-refractivity contribution in [3.63, 3.8) is 0 Å². The molecule has 2 aromatic rings. The Kier molecular flexibility index (Phi) is 4.12. The molecule has 0 atom stereocenters. The molecule has 0 saturated heterocycles. The van der Waals surface area contributed by atoms with E-state index in [0.717, 1.165) is 0 Å². The third-order valence-corrected chi connectivity index (χ3v) is 2.95. The molecular weight excluding hydrogens is 258 g/mol. The van der Waals surface area contributed by atoms with Crippen LogP contribution in [0.2, 0.25) is 5.02 Å². The molecule has 0 aliphatic carbocycles. The van der Waals surface area contributed by atoms with Gasteiger partial charge in [0.2, 0.25) is 5.78 Å². The zero-order valence-corrected chi connectivity index (χ0v) is 10.8. The molecule has 19 heavy (non-hydrogen) atoms. The molecule has 2 aromatic carbocycles. The number of hydrogen-bond donors (Lipinski definition) is 0. The first-order valence-corrected chi connectivity index (χ1v) is 6.06. The van der Waals surface area contributed by atoms with Gasteiger partial charge in [-0.3, -0.25) is 4.79 Å². The van der Waals surface area contributed by atoms with Gasteiger partial charge in [-0.2, -0.15) is 5.26 Å². The molecule has 0 saturated carbocycles. The molecule has 0 aliphatic heterocycles. The van der Waals surface area contributed by atoms with E-state index in [-0.39, 0.29) is 11.4 Å². The van der Waals surface area contributed by atoms with Gasteiger partial charge in [-0.1, -0.05) is 60.1 Å². The fourth-order valence-electron chi connectivity index (χ4n) is 1.64. The fraction of sp³-hybridized carbons (Fsp3) is 0. The molecule has 0 N–H and O–H groups in total. The smallest absolute Gasteiger partial charge is 0.203 e. The lowest BCUT2D eigenvalue weighted by Crippen LogP contribution is -2.01. The summed E-state index contributed by atoms with van der Waals surface area (Å²) in [4.78, 5) is 12.2. The minimum atomic E-state index is -0.303. The highest BCUT2D eigenvalue weighted by molar-refractivity contribution is 6.32. The minimum absolute atomic E-state index is 0.0688. The van der Waals surface area contributed by atoms with Crippen LogP contribution in [-0.2, 0) is 0 Å². The lowest BCUT2D eigenvalue weighted by molar-refractivity contribution is 0.104. The summed E-state index contributed by atoms with van der Waals surface area (Å²) in [6.45, 7) is 0. The Labute approximate surface area is 116 Å². The average molecular weight is 268 g/mol. The number of benzene rings is 2. The van der Waals surface area contributed by atoms with E-state index in [1.807, 2.05) is 12.1 Å². The van der Waals surface area contributed by atoms with Gasteiger partial charge in [0.15, 0.2) is 0 Å². The van der Waals surface area contributed by atoms with E-state index in [0.29, 0.717) is 16.1 Å². The topological polar surface area (TPSA) is 40.9 Å². The number of halogens is 1.